The summed E-state index contributed by atoms with van der Waals surface area (Å²) in [5, 5.41) is 1.21. The first-order valence-electron chi connectivity index (χ1n) is 10.9. The third-order valence-electron chi connectivity index (χ3n) is 7.05. The molecule has 1 N–H and O–H groups in total. The molecule has 168 valence electrons. The Morgan fingerprint density at radius 3 is 2.24 bits per heavy atom. The van der Waals surface area contributed by atoms with Crippen molar-refractivity contribution in [3.63, 3.8) is 0 Å². The van der Waals surface area contributed by atoms with E-state index in [2.05, 4.69) is 4.98 Å². The van der Waals surface area contributed by atoms with Crippen LogP contribution in [0.5, 0.6) is 0 Å². The second-order valence-corrected chi connectivity index (χ2v) is 9.14. The van der Waals surface area contributed by atoms with E-state index in [0.717, 1.165) is 12.8 Å². The summed E-state index contributed by atoms with van der Waals surface area (Å²) < 4.78 is 33.6. The standard InChI is InChI=1S/C25H21F2N3O3/c26-17-9-15-1-5-28-21(15)19(11-17)23(31)29-6-3-25(13-29)4-7-30(14-25)24(32)20-12-18(27)10-16-2-8-33-22(16)20/h1-2,5,8-12,28H,3-4,6-7,13-14H2. The second kappa shape index (κ2) is 7.16. The molecule has 0 bridgehead atoms. The molecule has 2 fully saturated rings. The lowest BCUT2D eigenvalue weighted by Gasteiger charge is -2.25. The highest BCUT2D eigenvalue weighted by Gasteiger charge is 2.46. The fourth-order valence-corrected chi connectivity index (χ4v) is 5.40. The van der Waals surface area contributed by atoms with Crippen LogP contribution in [0.1, 0.15) is 33.6 Å². The normalized spacial score (nSPS) is 20.5. The quantitative estimate of drug-likeness (QED) is 0.487. The van der Waals surface area contributed by atoms with Gasteiger partial charge in [0.2, 0.25) is 0 Å². The molecule has 2 amide bonds. The first kappa shape index (κ1) is 20.0. The number of benzene rings is 2. The van der Waals surface area contributed by atoms with Gasteiger partial charge in [-0.3, -0.25) is 9.59 Å². The zero-order chi connectivity index (χ0) is 22.7. The summed E-state index contributed by atoms with van der Waals surface area (Å²) in [5.74, 6) is -1.42. The molecule has 2 saturated heterocycles. The lowest BCUT2D eigenvalue weighted by molar-refractivity contribution is 0.0756. The van der Waals surface area contributed by atoms with Crippen LogP contribution in [0.3, 0.4) is 0 Å². The zero-order valence-electron chi connectivity index (χ0n) is 17.7. The van der Waals surface area contributed by atoms with Crippen molar-refractivity contribution in [1.82, 2.24) is 14.8 Å². The van der Waals surface area contributed by atoms with E-state index >= 15 is 0 Å². The third-order valence-corrected chi connectivity index (χ3v) is 7.05. The van der Waals surface area contributed by atoms with Gasteiger partial charge in [-0.25, -0.2) is 8.78 Å². The highest BCUT2D eigenvalue weighted by Crippen LogP contribution is 2.41. The molecule has 2 aromatic carbocycles. The summed E-state index contributed by atoms with van der Waals surface area (Å²) in [7, 11) is 0. The molecule has 33 heavy (non-hydrogen) atoms. The Hall–Kier alpha value is -3.68. The molecule has 0 aliphatic carbocycles. The summed E-state index contributed by atoms with van der Waals surface area (Å²) in [6.45, 7) is 2.05. The van der Waals surface area contributed by atoms with Crippen LogP contribution in [-0.4, -0.2) is 52.8 Å². The summed E-state index contributed by atoms with van der Waals surface area (Å²) in [5.41, 5.74) is 1.32. The second-order valence-electron chi connectivity index (χ2n) is 9.14. The summed E-state index contributed by atoms with van der Waals surface area (Å²) in [4.78, 5) is 33.0. The number of H-pyrrole nitrogens is 1. The number of aromatic nitrogens is 1. The molecule has 2 aromatic heterocycles. The largest absolute Gasteiger partial charge is 0.464 e. The number of fused-ring (bicyclic) bond motifs is 2. The van der Waals surface area contributed by atoms with Gasteiger partial charge in [0.1, 0.15) is 17.2 Å². The first-order valence-corrected chi connectivity index (χ1v) is 10.9. The van der Waals surface area contributed by atoms with Crippen LogP contribution in [-0.2, 0) is 0 Å². The number of carbonyl (C=O) groups is 2. The Labute approximate surface area is 187 Å². The Morgan fingerprint density at radius 2 is 1.52 bits per heavy atom. The SMILES string of the molecule is O=C(c1cc(F)cc2cc[nH]c12)N1CCC2(CCN(C(=O)c3cc(F)cc4ccoc34)C2)C1. The number of likely N-dealkylation sites (tertiary alicyclic amines) is 2. The molecule has 1 spiro atoms. The Balaban J connectivity index is 1.22. The van der Waals surface area contributed by atoms with Crippen molar-refractivity contribution >= 4 is 33.7 Å². The number of nitrogens with one attached hydrogen (secondary N) is 1. The molecule has 4 heterocycles. The van der Waals surface area contributed by atoms with E-state index in [1.165, 1.54) is 30.5 Å². The van der Waals surface area contributed by atoms with Gasteiger partial charge in [-0.15, -0.1) is 0 Å². The van der Waals surface area contributed by atoms with E-state index < -0.39 is 11.6 Å². The number of halogens is 2. The van der Waals surface area contributed by atoms with E-state index in [1.54, 1.807) is 28.1 Å². The molecule has 1 unspecified atom stereocenters. The van der Waals surface area contributed by atoms with Gasteiger partial charge in [0.25, 0.3) is 11.8 Å². The first-order chi connectivity index (χ1) is 15.9. The topological polar surface area (TPSA) is 69.6 Å². The Bertz CT molecular complexity index is 1320. The molecule has 6 rings (SSSR count). The van der Waals surface area contributed by atoms with Gasteiger partial charge >= 0.3 is 0 Å². The van der Waals surface area contributed by atoms with Crippen LogP contribution >= 0.6 is 0 Å². The van der Waals surface area contributed by atoms with Crippen molar-refractivity contribution in [3.8, 4) is 0 Å². The molecule has 0 saturated carbocycles. The molecule has 1 atom stereocenters. The van der Waals surface area contributed by atoms with Gasteiger partial charge in [0.05, 0.1) is 22.9 Å². The number of rotatable bonds is 2. The number of aromatic amines is 1. The number of furan rings is 1. The monoisotopic (exact) mass is 449 g/mol. The minimum atomic E-state index is -0.482. The number of nitrogens with zero attached hydrogens (tertiary/aromatic N) is 2. The van der Waals surface area contributed by atoms with Crippen molar-refractivity contribution < 1.29 is 22.8 Å². The Morgan fingerprint density at radius 1 is 0.879 bits per heavy atom. The van der Waals surface area contributed by atoms with Crippen LogP contribution in [0.15, 0.2) is 53.3 Å². The number of amides is 2. The molecule has 0 radical (unpaired) electrons. The average molecular weight is 449 g/mol. The van der Waals surface area contributed by atoms with Gasteiger partial charge in [-0.05, 0) is 49.2 Å². The fraction of sp³-hybridized carbons (Fsp3) is 0.280. The highest BCUT2D eigenvalue weighted by atomic mass is 19.1. The van der Waals surface area contributed by atoms with E-state index in [-0.39, 0.29) is 22.8 Å². The van der Waals surface area contributed by atoms with Crippen LogP contribution < -0.4 is 0 Å². The third kappa shape index (κ3) is 3.20. The number of carbonyl (C=O) groups excluding carboxylic acids is 2. The van der Waals surface area contributed by atoms with E-state index in [0.29, 0.717) is 53.6 Å². The lowest BCUT2D eigenvalue weighted by Crippen LogP contribution is -2.36. The van der Waals surface area contributed by atoms with Gasteiger partial charge in [0, 0.05) is 48.6 Å². The van der Waals surface area contributed by atoms with Crippen LogP contribution in [0.4, 0.5) is 8.78 Å². The summed E-state index contributed by atoms with van der Waals surface area (Å²) >= 11 is 0. The molecule has 4 aromatic rings. The van der Waals surface area contributed by atoms with Crippen molar-refractivity contribution in [2.75, 3.05) is 26.2 Å². The van der Waals surface area contributed by atoms with Crippen molar-refractivity contribution in [2.45, 2.75) is 12.8 Å². The smallest absolute Gasteiger partial charge is 0.257 e. The minimum Gasteiger partial charge on any atom is -0.464 e. The van der Waals surface area contributed by atoms with E-state index in [1.807, 2.05) is 0 Å². The minimum absolute atomic E-state index is 0.215. The average Bonchev–Trinajstić information content (AvgIpc) is 3.59. The van der Waals surface area contributed by atoms with Gasteiger partial charge in [0.15, 0.2) is 0 Å². The molecule has 2 aliphatic heterocycles. The predicted molar refractivity (Wildman–Crippen MR) is 118 cm³/mol. The van der Waals surface area contributed by atoms with Gasteiger partial charge in [-0.1, -0.05) is 0 Å². The number of hydrogen-bond acceptors (Lipinski definition) is 3. The molecule has 8 heteroatoms. The maximum absolute atomic E-state index is 14.1. The lowest BCUT2D eigenvalue weighted by atomic mass is 9.86. The van der Waals surface area contributed by atoms with Gasteiger partial charge < -0.3 is 19.2 Å². The fourth-order valence-electron chi connectivity index (χ4n) is 5.40. The maximum Gasteiger partial charge on any atom is 0.257 e. The summed E-state index contributed by atoms with van der Waals surface area (Å²) in [6, 6.07) is 8.61. The van der Waals surface area contributed by atoms with Crippen molar-refractivity contribution in [1.29, 1.82) is 0 Å². The maximum atomic E-state index is 14.1. The molecular weight excluding hydrogens is 428 g/mol. The van der Waals surface area contributed by atoms with E-state index in [9.17, 15) is 18.4 Å². The van der Waals surface area contributed by atoms with Gasteiger partial charge in [-0.2, -0.15) is 0 Å². The number of hydrogen-bond donors (Lipinski definition) is 1. The van der Waals surface area contributed by atoms with E-state index in [4.69, 9.17) is 4.42 Å². The molecule has 6 nitrogen and oxygen atoms in total. The van der Waals surface area contributed by atoms with Crippen LogP contribution in [0, 0.1) is 17.0 Å². The summed E-state index contributed by atoms with van der Waals surface area (Å²) in [6.07, 6.45) is 4.64. The highest BCUT2D eigenvalue weighted by molar-refractivity contribution is 6.06. The molecule has 2 aliphatic rings. The van der Waals surface area contributed by atoms with Crippen LogP contribution in [0.25, 0.3) is 21.9 Å². The van der Waals surface area contributed by atoms with Crippen molar-refractivity contribution in [2.24, 2.45) is 5.41 Å². The predicted octanol–water partition coefficient (Wildman–Crippen LogP) is 4.57. The zero-order valence-corrected chi connectivity index (χ0v) is 17.7. The van der Waals surface area contributed by atoms with Crippen molar-refractivity contribution in [3.05, 3.63) is 71.6 Å². The molecular formula is C25H21F2N3O3. The Kier molecular flexibility index (Phi) is 4.33. The van der Waals surface area contributed by atoms with Crippen LogP contribution in [0.2, 0.25) is 0 Å².